The predicted molar refractivity (Wildman–Crippen MR) is 71.3 cm³/mol. The normalized spacial score (nSPS) is 32.1. The Bertz CT molecular complexity index is 351. The van der Waals surface area contributed by atoms with Crippen LogP contribution in [0.1, 0.15) is 25.7 Å². The maximum atomic E-state index is 11.7. The maximum Gasteiger partial charge on any atom is 0.224 e. The Morgan fingerprint density at radius 2 is 2.28 bits per heavy atom. The average molecular weight is 249 g/mol. The van der Waals surface area contributed by atoms with Crippen molar-refractivity contribution in [1.29, 1.82) is 0 Å². The molecule has 100 valence electrons. The van der Waals surface area contributed by atoms with Gasteiger partial charge in [-0.1, -0.05) is 6.58 Å². The number of likely N-dealkylation sites (tertiary alicyclic amines) is 1. The van der Waals surface area contributed by atoms with Crippen molar-refractivity contribution in [3.63, 3.8) is 0 Å². The van der Waals surface area contributed by atoms with E-state index in [9.17, 15) is 4.79 Å². The highest BCUT2D eigenvalue weighted by Crippen LogP contribution is 2.27. The summed E-state index contributed by atoms with van der Waals surface area (Å²) in [5, 5.41) is 6.50. The minimum absolute atomic E-state index is 0.225. The van der Waals surface area contributed by atoms with Gasteiger partial charge in [-0.15, -0.1) is 0 Å². The molecule has 3 aliphatic rings. The standard InChI is InChI=1S/C14H23N3O/c1-10(7-15-11-4-5-11)9-17-6-2-3-12-13(17)8-16-14(12)18/h11-13,15H,1-9H2,(H,16,18). The Morgan fingerprint density at radius 3 is 3.06 bits per heavy atom. The van der Waals surface area contributed by atoms with Crippen LogP contribution in [0.4, 0.5) is 0 Å². The lowest BCUT2D eigenvalue weighted by molar-refractivity contribution is -0.124. The summed E-state index contributed by atoms with van der Waals surface area (Å²) in [6.07, 6.45) is 4.83. The average Bonchev–Trinajstić information content (AvgIpc) is 3.12. The van der Waals surface area contributed by atoms with Gasteiger partial charge in [0.05, 0.1) is 5.92 Å². The van der Waals surface area contributed by atoms with Crippen molar-refractivity contribution in [3.8, 4) is 0 Å². The zero-order valence-corrected chi connectivity index (χ0v) is 11.0. The van der Waals surface area contributed by atoms with Crippen LogP contribution in [0.2, 0.25) is 0 Å². The van der Waals surface area contributed by atoms with Crippen LogP contribution in [0.25, 0.3) is 0 Å². The van der Waals surface area contributed by atoms with Crippen molar-refractivity contribution in [2.24, 2.45) is 5.92 Å². The third kappa shape index (κ3) is 2.59. The van der Waals surface area contributed by atoms with E-state index >= 15 is 0 Å². The predicted octanol–water partition coefficient (Wildman–Crippen LogP) is 0.505. The van der Waals surface area contributed by atoms with Crippen molar-refractivity contribution in [2.75, 3.05) is 26.2 Å². The molecule has 2 aliphatic heterocycles. The summed E-state index contributed by atoms with van der Waals surface area (Å²) in [7, 11) is 0. The fourth-order valence-corrected chi connectivity index (χ4v) is 3.16. The van der Waals surface area contributed by atoms with Crippen LogP contribution in [-0.2, 0) is 4.79 Å². The van der Waals surface area contributed by atoms with Gasteiger partial charge in [-0.05, 0) is 37.8 Å². The Hall–Kier alpha value is -0.870. The summed E-state index contributed by atoms with van der Waals surface area (Å²) in [6, 6.07) is 1.15. The first kappa shape index (κ1) is 12.2. The molecule has 1 amide bonds. The minimum Gasteiger partial charge on any atom is -0.354 e. The fourth-order valence-electron chi connectivity index (χ4n) is 3.16. The van der Waals surface area contributed by atoms with Crippen LogP contribution in [0.3, 0.4) is 0 Å². The van der Waals surface area contributed by atoms with E-state index in [-0.39, 0.29) is 11.8 Å². The van der Waals surface area contributed by atoms with Gasteiger partial charge < -0.3 is 10.6 Å². The molecule has 2 heterocycles. The van der Waals surface area contributed by atoms with Crippen molar-refractivity contribution in [1.82, 2.24) is 15.5 Å². The van der Waals surface area contributed by atoms with Crippen molar-refractivity contribution in [3.05, 3.63) is 12.2 Å². The van der Waals surface area contributed by atoms with E-state index in [0.29, 0.717) is 6.04 Å². The molecule has 2 unspecified atom stereocenters. The van der Waals surface area contributed by atoms with Crippen LogP contribution in [0, 0.1) is 5.92 Å². The first-order valence-electron chi connectivity index (χ1n) is 7.16. The maximum absolute atomic E-state index is 11.7. The highest BCUT2D eigenvalue weighted by Gasteiger charge is 2.40. The first-order valence-corrected chi connectivity index (χ1v) is 7.16. The fraction of sp³-hybridized carbons (Fsp3) is 0.786. The quantitative estimate of drug-likeness (QED) is 0.698. The summed E-state index contributed by atoms with van der Waals surface area (Å²) >= 11 is 0. The highest BCUT2D eigenvalue weighted by atomic mass is 16.2. The third-order valence-corrected chi connectivity index (χ3v) is 4.36. The molecule has 0 radical (unpaired) electrons. The Kier molecular flexibility index (Phi) is 3.39. The second-order valence-electron chi connectivity index (χ2n) is 5.94. The van der Waals surface area contributed by atoms with E-state index in [2.05, 4.69) is 22.1 Å². The number of amides is 1. The summed E-state index contributed by atoms with van der Waals surface area (Å²) in [5.41, 5.74) is 1.25. The van der Waals surface area contributed by atoms with Gasteiger partial charge in [0.25, 0.3) is 0 Å². The number of carbonyl (C=O) groups excluding carboxylic acids is 1. The first-order chi connectivity index (χ1) is 8.74. The number of piperidine rings is 1. The van der Waals surface area contributed by atoms with Gasteiger partial charge in [-0.3, -0.25) is 9.69 Å². The van der Waals surface area contributed by atoms with Gasteiger partial charge in [0.2, 0.25) is 5.91 Å². The number of carbonyl (C=O) groups is 1. The molecular weight excluding hydrogens is 226 g/mol. The Labute approximate surface area is 109 Å². The minimum atomic E-state index is 0.225. The van der Waals surface area contributed by atoms with Crippen LogP contribution in [-0.4, -0.2) is 49.1 Å². The molecule has 0 aromatic heterocycles. The molecular formula is C14H23N3O. The van der Waals surface area contributed by atoms with Gasteiger partial charge in [0.15, 0.2) is 0 Å². The summed E-state index contributed by atoms with van der Waals surface area (Å²) in [6.45, 7) is 7.98. The Morgan fingerprint density at radius 1 is 1.44 bits per heavy atom. The zero-order chi connectivity index (χ0) is 12.5. The molecule has 2 saturated heterocycles. The van der Waals surface area contributed by atoms with E-state index in [1.165, 1.54) is 18.4 Å². The van der Waals surface area contributed by atoms with Crippen molar-refractivity contribution >= 4 is 5.91 Å². The van der Waals surface area contributed by atoms with Gasteiger partial charge in [-0.2, -0.15) is 0 Å². The number of nitrogens with zero attached hydrogens (tertiary/aromatic N) is 1. The lowest BCUT2D eigenvalue weighted by Gasteiger charge is -2.36. The lowest BCUT2D eigenvalue weighted by Crippen LogP contribution is -2.46. The van der Waals surface area contributed by atoms with E-state index in [0.717, 1.165) is 45.1 Å². The number of hydrogen-bond donors (Lipinski definition) is 2. The Balaban J connectivity index is 1.51. The molecule has 3 rings (SSSR count). The van der Waals surface area contributed by atoms with Crippen LogP contribution < -0.4 is 10.6 Å². The van der Waals surface area contributed by atoms with E-state index < -0.39 is 0 Å². The zero-order valence-electron chi connectivity index (χ0n) is 11.0. The molecule has 0 bridgehead atoms. The molecule has 4 heteroatoms. The summed E-state index contributed by atoms with van der Waals surface area (Å²) in [4.78, 5) is 14.1. The second-order valence-corrected chi connectivity index (χ2v) is 5.94. The van der Waals surface area contributed by atoms with Gasteiger partial charge in [-0.25, -0.2) is 0 Å². The molecule has 18 heavy (non-hydrogen) atoms. The number of hydrogen-bond acceptors (Lipinski definition) is 3. The molecule has 2 N–H and O–H groups in total. The molecule has 1 saturated carbocycles. The topological polar surface area (TPSA) is 44.4 Å². The molecule has 4 nitrogen and oxygen atoms in total. The second kappa shape index (κ2) is 5.02. The van der Waals surface area contributed by atoms with E-state index in [4.69, 9.17) is 0 Å². The van der Waals surface area contributed by atoms with Crippen LogP contribution in [0.15, 0.2) is 12.2 Å². The smallest absolute Gasteiger partial charge is 0.224 e. The van der Waals surface area contributed by atoms with Crippen molar-refractivity contribution in [2.45, 2.75) is 37.8 Å². The molecule has 2 atom stereocenters. The van der Waals surface area contributed by atoms with Gasteiger partial charge in [0, 0.05) is 31.7 Å². The monoisotopic (exact) mass is 249 g/mol. The van der Waals surface area contributed by atoms with Crippen LogP contribution in [0.5, 0.6) is 0 Å². The van der Waals surface area contributed by atoms with Gasteiger partial charge >= 0.3 is 0 Å². The van der Waals surface area contributed by atoms with Crippen LogP contribution >= 0.6 is 0 Å². The number of fused-ring (bicyclic) bond motifs is 1. The molecule has 0 spiro atoms. The van der Waals surface area contributed by atoms with Crippen molar-refractivity contribution < 1.29 is 4.79 Å². The molecule has 1 aliphatic carbocycles. The lowest BCUT2D eigenvalue weighted by atomic mass is 9.91. The third-order valence-electron chi connectivity index (χ3n) is 4.36. The summed E-state index contributed by atoms with van der Waals surface area (Å²) in [5.74, 6) is 0.481. The molecule has 3 fully saturated rings. The number of rotatable bonds is 5. The van der Waals surface area contributed by atoms with E-state index in [1.54, 1.807) is 0 Å². The SMILES string of the molecule is C=C(CNC1CC1)CN1CCCC2C(=O)NCC21. The molecule has 0 aromatic rings. The number of nitrogens with one attached hydrogen (secondary N) is 2. The molecule has 0 aromatic carbocycles. The van der Waals surface area contributed by atoms with E-state index in [1.807, 2.05) is 0 Å². The van der Waals surface area contributed by atoms with Gasteiger partial charge in [0.1, 0.15) is 0 Å². The summed E-state index contributed by atoms with van der Waals surface area (Å²) < 4.78 is 0. The largest absolute Gasteiger partial charge is 0.354 e. The highest BCUT2D eigenvalue weighted by molar-refractivity contribution is 5.82.